The molecule has 2 rings (SSSR count). The third-order valence-electron chi connectivity index (χ3n) is 2.99. The predicted molar refractivity (Wildman–Crippen MR) is 73.7 cm³/mol. The van der Waals surface area contributed by atoms with Crippen LogP contribution in [0.4, 0.5) is 0 Å². The van der Waals surface area contributed by atoms with Gasteiger partial charge in [0.1, 0.15) is 0 Å². The van der Waals surface area contributed by atoms with E-state index < -0.39 is 0 Å². The van der Waals surface area contributed by atoms with Crippen molar-refractivity contribution in [2.24, 2.45) is 5.92 Å². The van der Waals surface area contributed by atoms with Crippen molar-refractivity contribution in [2.45, 2.75) is 20.4 Å². The van der Waals surface area contributed by atoms with Gasteiger partial charge in [-0.1, -0.05) is 26.0 Å². The predicted octanol–water partition coefficient (Wildman–Crippen LogP) is 1.64. The molecule has 0 aliphatic carbocycles. The zero-order chi connectivity index (χ0) is 13.0. The zero-order valence-electron chi connectivity index (χ0n) is 10.9. The van der Waals surface area contributed by atoms with E-state index in [-0.39, 0.29) is 5.56 Å². The van der Waals surface area contributed by atoms with Crippen molar-refractivity contribution in [1.82, 2.24) is 14.9 Å². The quantitative estimate of drug-likeness (QED) is 0.871. The molecule has 1 atom stereocenters. The Kier molecular flexibility index (Phi) is 4.10. The van der Waals surface area contributed by atoms with Crippen LogP contribution < -0.4 is 10.9 Å². The minimum absolute atomic E-state index is 0.0305. The zero-order valence-corrected chi connectivity index (χ0v) is 10.9. The van der Waals surface area contributed by atoms with E-state index in [1.165, 1.54) is 6.20 Å². The molecule has 1 N–H and O–H groups in total. The van der Waals surface area contributed by atoms with E-state index >= 15 is 0 Å². The van der Waals surface area contributed by atoms with E-state index in [1.807, 2.05) is 28.8 Å². The Hall–Kier alpha value is -1.68. The number of rotatable bonds is 5. The summed E-state index contributed by atoms with van der Waals surface area (Å²) in [4.78, 5) is 16.1. The molecular formula is C14H19N3O. The van der Waals surface area contributed by atoms with Crippen molar-refractivity contribution in [2.75, 3.05) is 13.1 Å². The normalized spacial score (nSPS) is 12.8. The molecule has 0 amide bonds. The van der Waals surface area contributed by atoms with Gasteiger partial charge in [-0.25, -0.2) is 4.98 Å². The van der Waals surface area contributed by atoms with Crippen LogP contribution in [-0.4, -0.2) is 22.6 Å². The molecular weight excluding hydrogens is 226 g/mol. The van der Waals surface area contributed by atoms with Gasteiger partial charge in [0.25, 0.3) is 5.56 Å². The Bertz CT molecular complexity index is 577. The third-order valence-corrected chi connectivity index (χ3v) is 2.99. The lowest BCUT2D eigenvalue weighted by atomic mass is 10.1. The fourth-order valence-corrected chi connectivity index (χ4v) is 2.07. The Morgan fingerprint density at radius 3 is 2.94 bits per heavy atom. The molecule has 1 aromatic carbocycles. The van der Waals surface area contributed by atoms with E-state index in [0.717, 1.165) is 30.7 Å². The largest absolute Gasteiger partial charge is 0.317 e. The number of hydrogen-bond donors (Lipinski definition) is 1. The van der Waals surface area contributed by atoms with Crippen molar-refractivity contribution in [3.63, 3.8) is 0 Å². The van der Waals surface area contributed by atoms with E-state index in [9.17, 15) is 4.79 Å². The first kappa shape index (κ1) is 12.8. The minimum atomic E-state index is -0.0305. The summed E-state index contributed by atoms with van der Waals surface area (Å²) in [6.45, 7) is 6.82. The fraction of sp³-hybridized carbons (Fsp3) is 0.429. The van der Waals surface area contributed by atoms with Gasteiger partial charge in [0.15, 0.2) is 0 Å². The molecule has 0 spiro atoms. The summed E-state index contributed by atoms with van der Waals surface area (Å²) in [7, 11) is 0. The topological polar surface area (TPSA) is 46.9 Å². The van der Waals surface area contributed by atoms with E-state index in [0.29, 0.717) is 5.92 Å². The Morgan fingerprint density at radius 1 is 1.39 bits per heavy atom. The number of aromatic nitrogens is 2. The summed E-state index contributed by atoms with van der Waals surface area (Å²) in [5.74, 6) is 0.411. The molecule has 1 unspecified atom stereocenters. The Balaban J connectivity index is 2.31. The number of nitrogens with zero attached hydrogens (tertiary/aromatic N) is 2. The lowest BCUT2D eigenvalue weighted by Crippen LogP contribution is -2.29. The van der Waals surface area contributed by atoms with Crippen LogP contribution in [0.5, 0.6) is 0 Å². The van der Waals surface area contributed by atoms with Gasteiger partial charge >= 0.3 is 0 Å². The molecule has 0 aliphatic rings. The highest BCUT2D eigenvalue weighted by Crippen LogP contribution is 2.10. The van der Waals surface area contributed by atoms with Crippen molar-refractivity contribution >= 4 is 11.0 Å². The summed E-state index contributed by atoms with van der Waals surface area (Å²) < 4.78 is 1.81. The van der Waals surface area contributed by atoms with Crippen molar-refractivity contribution in [1.29, 1.82) is 0 Å². The third kappa shape index (κ3) is 2.76. The minimum Gasteiger partial charge on any atom is -0.317 e. The van der Waals surface area contributed by atoms with Crippen LogP contribution in [0.1, 0.15) is 13.8 Å². The molecule has 1 heterocycles. The summed E-state index contributed by atoms with van der Waals surface area (Å²) in [6, 6.07) is 7.76. The molecule has 18 heavy (non-hydrogen) atoms. The lowest BCUT2D eigenvalue weighted by Gasteiger charge is -2.15. The average molecular weight is 245 g/mol. The molecule has 2 aromatic rings. The van der Waals surface area contributed by atoms with Gasteiger partial charge in [-0.15, -0.1) is 0 Å². The molecule has 4 nitrogen and oxygen atoms in total. The molecule has 0 radical (unpaired) electrons. The maximum Gasteiger partial charge on any atom is 0.269 e. The van der Waals surface area contributed by atoms with Gasteiger partial charge in [0.2, 0.25) is 0 Å². The molecule has 0 aliphatic heterocycles. The number of benzene rings is 1. The van der Waals surface area contributed by atoms with Gasteiger partial charge < -0.3 is 9.88 Å². The van der Waals surface area contributed by atoms with Crippen molar-refractivity contribution in [3.8, 4) is 0 Å². The van der Waals surface area contributed by atoms with E-state index in [4.69, 9.17) is 0 Å². The Morgan fingerprint density at radius 2 is 2.17 bits per heavy atom. The van der Waals surface area contributed by atoms with Crippen molar-refractivity contribution < 1.29 is 0 Å². The van der Waals surface area contributed by atoms with E-state index in [2.05, 4.69) is 24.1 Å². The smallest absolute Gasteiger partial charge is 0.269 e. The van der Waals surface area contributed by atoms with Gasteiger partial charge in [0.05, 0.1) is 17.2 Å². The first-order valence-electron chi connectivity index (χ1n) is 6.37. The standard InChI is InChI=1S/C14H19N3O/c1-3-15-8-11(2)10-17-13-7-5-4-6-12(13)16-9-14(17)18/h4-7,9,11,15H,3,8,10H2,1-2H3. The number of para-hydroxylation sites is 2. The van der Waals surface area contributed by atoms with Gasteiger partial charge in [-0.05, 0) is 31.1 Å². The Labute approximate surface area is 107 Å². The first-order chi connectivity index (χ1) is 8.72. The molecule has 0 fully saturated rings. The summed E-state index contributed by atoms with van der Waals surface area (Å²) >= 11 is 0. The average Bonchev–Trinajstić information content (AvgIpc) is 2.40. The molecule has 96 valence electrons. The molecule has 4 heteroatoms. The number of hydrogen-bond acceptors (Lipinski definition) is 3. The highest BCUT2D eigenvalue weighted by molar-refractivity contribution is 5.74. The second kappa shape index (κ2) is 5.78. The number of fused-ring (bicyclic) bond motifs is 1. The van der Waals surface area contributed by atoms with Gasteiger partial charge in [0, 0.05) is 6.54 Å². The summed E-state index contributed by atoms with van der Waals surface area (Å²) in [5.41, 5.74) is 1.75. The van der Waals surface area contributed by atoms with Crippen LogP contribution in [0.25, 0.3) is 11.0 Å². The maximum absolute atomic E-state index is 11.9. The molecule has 0 saturated heterocycles. The summed E-state index contributed by atoms with van der Waals surface area (Å²) in [5, 5.41) is 3.30. The number of nitrogens with one attached hydrogen (secondary N) is 1. The molecule has 0 saturated carbocycles. The van der Waals surface area contributed by atoms with Crippen LogP contribution in [-0.2, 0) is 6.54 Å². The SMILES string of the molecule is CCNCC(C)Cn1c(=O)cnc2ccccc21. The van der Waals surface area contributed by atoms with Crippen LogP contribution in [0.15, 0.2) is 35.3 Å². The lowest BCUT2D eigenvalue weighted by molar-refractivity contribution is 0.451. The van der Waals surface area contributed by atoms with Crippen LogP contribution >= 0.6 is 0 Å². The first-order valence-corrected chi connectivity index (χ1v) is 6.37. The monoisotopic (exact) mass is 245 g/mol. The van der Waals surface area contributed by atoms with Crippen LogP contribution in [0.2, 0.25) is 0 Å². The van der Waals surface area contributed by atoms with Crippen LogP contribution in [0, 0.1) is 5.92 Å². The van der Waals surface area contributed by atoms with Gasteiger partial charge in [-0.2, -0.15) is 0 Å². The highest BCUT2D eigenvalue weighted by Gasteiger charge is 2.07. The van der Waals surface area contributed by atoms with Crippen molar-refractivity contribution in [3.05, 3.63) is 40.8 Å². The second-order valence-electron chi connectivity index (χ2n) is 4.61. The fourth-order valence-electron chi connectivity index (χ4n) is 2.07. The van der Waals surface area contributed by atoms with E-state index in [1.54, 1.807) is 0 Å². The summed E-state index contributed by atoms with van der Waals surface area (Å²) in [6.07, 6.45) is 1.41. The van der Waals surface area contributed by atoms with Crippen LogP contribution in [0.3, 0.4) is 0 Å². The highest BCUT2D eigenvalue weighted by atomic mass is 16.1. The maximum atomic E-state index is 11.9. The molecule has 1 aromatic heterocycles. The van der Waals surface area contributed by atoms with Gasteiger partial charge in [-0.3, -0.25) is 4.79 Å². The second-order valence-corrected chi connectivity index (χ2v) is 4.61. The molecule has 0 bridgehead atoms.